The number of hydrogen-bond donors (Lipinski definition) is 0. The lowest BCUT2D eigenvalue weighted by Gasteiger charge is -2.35. The Labute approximate surface area is 99.0 Å². The number of carbonyl (C=O) groups excluding carboxylic acids is 1. The Kier molecular flexibility index (Phi) is 3.43. The van der Waals surface area contributed by atoms with Crippen LogP contribution in [0.25, 0.3) is 16.5 Å². The van der Waals surface area contributed by atoms with E-state index in [2.05, 4.69) is 10.0 Å². The summed E-state index contributed by atoms with van der Waals surface area (Å²) in [7, 11) is 0. The van der Waals surface area contributed by atoms with Crippen LogP contribution in [0.2, 0.25) is 0 Å². The zero-order valence-corrected chi connectivity index (χ0v) is 9.23. The molecule has 0 spiro atoms. The molecule has 1 amide bonds. The topological polar surface area (TPSA) is 69.1 Å². The molecule has 1 aromatic rings. The summed E-state index contributed by atoms with van der Waals surface area (Å²) >= 11 is 0. The van der Waals surface area contributed by atoms with E-state index in [0.717, 1.165) is 5.56 Å². The Morgan fingerprint density at radius 3 is 2.76 bits per heavy atom. The third kappa shape index (κ3) is 2.86. The molecular formula is C12H12N4O. The van der Waals surface area contributed by atoms with Crippen molar-refractivity contribution in [1.29, 1.82) is 0 Å². The standard InChI is InChI=1S/C12H12N4O/c13-15-14-11-8-16(9-11)12(17)7-6-10-4-2-1-3-5-10/h1-7,11H,8-9H2/b7-6+. The Morgan fingerprint density at radius 1 is 1.41 bits per heavy atom. The van der Waals surface area contributed by atoms with Crippen molar-refractivity contribution in [2.24, 2.45) is 5.11 Å². The highest BCUT2D eigenvalue weighted by molar-refractivity contribution is 5.92. The summed E-state index contributed by atoms with van der Waals surface area (Å²) in [6, 6.07) is 9.58. The zero-order valence-electron chi connectivity index (χ0n) is 9.23. The summed E-state index contributed by atoms with van der Waals surface area (Å²) in [5, 5.41) is 3.54. The minimum absolute atomic E-state index is 0.0433. The van der Waals surface area contributed by atoms with Crippen molar-refractivity contribution in [2.45, 2.75) is 6.04 Å². The SMILES string of the molecule is [N-]=[N+]=NC1CN(C(=O)/C=C/c2ccccc2)C1. The maximum atomic E-state index is 11.7. The molecule has 5 nitrogen and oxygen atoms in total. The second-order valence-corrected chi connectivity index (χ2v) is 3.85. The molecule has 1 aromatic carbocycles. The van der Waals surface area contributed by atoms with E-state index in [0.29, 0.717) is 13.1 Å². The van der Waals surface area contributed by atoms with Gasteiger partial charge in [-0.3, -0.25) is 4.79 Å². The van der Waals surface area contributed by atoms with Crippen LogP contribution >= 0.6 is 0 Å². The van der Waals surface area contributed by atoms with E-state index >= 15 is 0 Å². The number of carbonyl (C=O) groups is 1. The van der Waals surface area contributed by atoms with E-state index < -0.39 is 0 Å². The first-order valence-electron chi connectivity index (χ1n) is 5.36. The molecule has 1 fully saturated rings. The van der Waals surface area contributed by atoms with Crippen LogP contribution < -0.4 is 0 Å². The van der Waals surface area contributed by atoms with Crippen LogP contribution in [0.15, 0.2) is 41.5 Å². The van der Waals surface area contributed by atoms with Crippen LogP contribution in [0.1, 0.15) is 5.56 Å². The van der Waals surface area contributed by atoms with E-state index in [1.807, 2.05) is 30.3 Å². The first kappa shape index (κ1) is 11.2. The van der Waals surface area contributed by atoms with Gasteiger partial charge in [-0.1, -0.05) is 35.4 Å². The lowest BCUT2D eigenvalue weighted by Crippen LogP contribution is -2.51. The summed E-state index contributed by atoms with van der Waals surface area (Å²) < 4.78 is 0. The van der Waals surface area contributed by atoms with E-state index in [4.69, 9.17) is 5.53 Å². The van der Waals surface area contributed by atoms with Crippen molar-refractivity contribution in [3.63, 3.8) is 0 Å². The fraction of sp³-hybridized carbons (Fsp3) is 0.250. The van der Waals surface area contributed by atoms with Crippen LogP contribution in [0.3, 0.4) is 0 Å². The summed E-state index contributed by atoms with van der Waals surface area (Å²) in [5.74, 6) is -0.0433. The number of amides is 1. The molecule has 0 unspecified atom stereocenters. The molecule has 86 valence electrons. The third-order valence-electron chi connectivity index (χ3n) is 2.61. The number of likely N-dealkylation sites (tertiary alicyclic amines) is 1. The lowest BCUT2D eigenvalue weighted by atomic mass is 10.1. The van der Waals surface area contributed by atoms with Gasteiger partial charge in [0.25, 0.3) is 0 Å². The van der Waals surface area contributed by atoms with Gasteiger partial charge in [0.15, 0.2) is 0 Å². The Balaban J connectivity index is 1.87. The predicted molar refractivity (Wildman–Crippen MR) is 65.0 cm³/mol. The number of hydrogen-bond acceptors (Lipinski definition) is 2. The highest BCUT2D eigenvalue weighted by Crippen LogP contribution is 2.12. The van der Waals surface area contributed by atoms with E-state index in [9.17, 15) is 4.79 Å². The average Bonchev–Trinajstić information content (AvgIpc) is 2.31. The Morgan fingerprint density at radius 2 is 2.12 bits per heavy atom. The minimum Gasteiger partial charge on any atom is -0.338 e. The van der Waals surface area contributed by atoms with Crippen molar-refractivity contribution in [3.8, 4) is 0 Å². The largest absolute Gasteiger partial charge is 0.338 e. The van der Waals surface area contributed by atoms with Crippen LogP contribution in [-0.2, 0) is 4.79 Å². The first-order chi connectivity index (χ1) is 8.29. The van der Waals surface area contributed by atoms with E-state index in [-0.39, 0.29) is 11.9 Å². The van der Waals surface area contributed by atoms with Gasteiger partial charge < -0.3 is 4.90 Å². The summed E-state index contributed by atoms with van der Waals surface area (Å²) in [5.41, 5.74) is 9.21. The van der Waals surface area contributed by atoms with Crippen molar-refractivity contribution in [3.05, 3.63) is 52.4 Å². The molecule has 0 atom stereocenters. The summed E-state index contributed by atoms with van der Waals surface area (Å²) in [6.07, 6.45) is 3.32. The van der Waals surface area contributed by atoms with Crippen molar-refractivity contribution < 1.29 is 4.79 Å². The smallest absolute Gasteiger partial charge is 0.246 e. The molecular weight excluding hydrogens is 216 g/mol. The van der Waals surface area contributed by atoms with E-state index in [1.165, 1.54) is 0 Å². The van der Waals surface area contributed by atoms with Gasteiger partial charge in [-0.15, -0.1) is 0 Å². The van der Waals surface area contributed by atoms with Gasteiger partial charge in [0, 0.05) is 24.1 Å². The van der Waals surface area contributed by atoms with Gasteiger partial charge in [0.1, 0.15) is 0 Å². The van der Waals surface area contributed by atoms with Gasteiger partial charge in [0.2, 0.25) is 5.91 Å². The van der Waals surface area contributed by atoms with Crippen molar-refractivity contribution >= 4 is 12.0 Å². The number of azide groups is 1. The molecule has 1 heterocycles. The second kappa shape index (κ2) is 5.18. The van der Waals surface area contributed by atoms with Crippen molar-refractivity contribution in [2.75, 3.05) is 13.1 Å². The molecule has 0 bridgehead atoms. The van der Waals surface area contributed by atoms with Gasteiger partial charge in [0.05, 0.1) is 6.04 Å². The highest BCUT2D eigenvalue weighted by atomic mass is 16.2. The van der Waals surface area contributed by atoms with E-state index in [1.54, 1.807) is 17.1 Å². The predicted octanol–water partition coefficient (Wildman–Crippen LogP) is 2.22. The molecule has 0 aliphatic carbocycles. The first-order valence-corrected chi connectivity index (χ1v) is 5.36. The number of rotatable bonds is 3. The zero-order chi connectivity index (χ0) is 12.1. The molecule has 2 rings (SSSR count). The molecule has 1 aliphatic heterocycles. The fourth-order valence-corrected chi connectivity index (χ4v) is 1.62. The van der Waals surface area contributed by atoms with Crippen LogP contribution in [0.4, 0.5) is 0 Å². The minimum atomic E-state index is -0.0610. The van der Waals surface area contributed by atoms with Gasteiger partial charge in [-0.2, -0.15) is 0 Å². The summed E-state index contributed by atoms with van der Waals surface area (Å²) in [4.78, 5) is 16.0. The average molecular weight is 228 g/mol. The fourth-order valence-electron chi connectivity index (χ4n) is 1.62. The third-order valence-corrected chi connectivity index (χ3v) is 2.61. The molecule has 5 heteroatoms. The molecule has 17 heavy (non-hydrogen) atoms. The molecule has 0 radical (unpaired) electrons. The molecule has 0 aromatic heterocycles. The maximum Gasteiger partial charge on any atom is 0.246 e. The lowest BCUT2D eigenvalue weighted by molar-refractivity contribution is -0.130. The molecule has 1 saturated heterocycles. The number of benzene rings is 1. The monoisotopic (exact) mass is 228 g/mol. The van der Waals surface area contributed by atoms with Crippen LogP contribution in [-0.4, -0.2) is 29.9 Å². The Hall–Kier alpha value is -2.26. The number of nitrogens with zero attached hydrogens (tertiary/aromatic N) is 4. The van der Waals surface area contributed by atoms with Gasteiger partial charge >= 0.3 is 0 Å². The van der Waals surface area contributed by atoms with Crippen LogP contribution in [0.5, 0.6) is 0 Å². The normalized spacial score (nSPS) is 15.4. The van der Waals surface area contributed by atoms with Gasteiger partial charge in [-0.05, 0) is 17.2 Å². The second-order valence-electron chi connectivity index (χ2n) is 3.85. The van der Waals surface area contributed by atoms with Gasteiger partial charge in [-0.25, -0.2) is 0 Å². The van der Waals surface area contributed by atoms with Crippen molar-refractivity contribution in [1.82, 2.24) is 4.90 Å². The molecule has 0 saturated carbocycles. The molecule has 1 aliphatic rings. The summed E-state index contributed by atoms with van der Waals surface area (Å²) in [6.45, 7) is 1.03. The van der Waals surface area contributed by atoms with Crippen LogP contribution in [0, 0.1) is 0 Å². The highest BCUT2D eigenvalue weighted by Gasteiger charge is 2.28. The Bertz CT molecular complexity index is 471. The maximum absolute atomic E-state index is 11.7. The quantitative estimate of drug-likeness (QED) is 0.338. The molecule has 0 N–H and O–H groups in total.